The minimum Gasteiger partial charge on any atom is -0.385 e. The smallest absolute Gasteiger partial charge is 0.240 e. The Hall–Kier alpha value is -1.18. The summed E-state index contributed by atoms with van der Waals surface area (Å²) in [5.41, 5.74) is 5.69. The van der Waals surface area contributed by atoms with Gasteiger partial charge in [-0.25, -0.2) is 5.43 Å². The SMILES string of the molecule is COCCCN1CC2C(=O)NNC2C(C(=O)NC2CC2)C1. The number of methoxy groups -OCH3 is 1. The minimum atomic E-state index is -0.175. The lowest BCUT2D eigenvalue weighted by molar-refractivity contribution is -0.130. The van der Waals surface area contributed by atoms with Crippen molar-refractivity contribution in [3.8, 4) is 0 Å². The van der Waals surface area contributed by atoms with Crippen LogP contribution in [0.3, 0.4) is 0 Å². The van der Waals surface area contributed by atoms with Crippen molar-refractivity contribution in [2.45, 2.75) is 31.3 Å². The molecule has 0 aromatic carbocycles. The topological polar surface area (TPSA) is 82.7 Å². The molecule has 21 heavy (non-hydrogen) atoms. The molecule has 0 bridgehead atoms. The normalized spacial score (nSPS) is 32.6. The number of amides is 2. The first-order valence-corrected chi connectivity index (χ1v) is 7.76. The number of nitrogens with zero attached hydrogens (tertiary/aromatic N) is 1. The van der Waals surface area contributed by atoms with E-state index >= 15 is 0 Å². The Kier molecular flexibility index (Phi) is 4.42. The van der Waals surface area contributed by atoms with Crippen LogP contribution in [0.2, 0.25) is 0 Å². The van der Waals surface area contributed by atoms with Gasteiger partial charge in [0.2, 0.25) is 11.8 Å². The van der Waals surface area contributed by atoms with Crippen molar-refractivity contribution in [1.29, 1.82) is 0 Å². The first-order chi connectivity index (χ1) is 10.2. The van der Waals surface area contributed by atoms with Gasteiger partial charge in [0.05, 0.1) is 17.9 Å². The van der Waals surface area contributed by atoms with Gasteiger partial charge < -0.3 is 15.0 Å². The number of nitrogens with one attached hydrogen (secondary N) is 3. The molecular weight excluding hydrogens is 272 g/mol. The number of likely N-dealkylation sites (tertiary alicyclic amines) is 1. The molecule has 3 aliphatic rings. The third-order valence-corrected chi connectivity index (χ3v) is 4.56. The highest BCUT2D eigenvalue weighted by molar-refractivity contribution is 5.86. The number of hydrogen-bond acceptors (Lipinski definition) is 5. The second-order valence-corrected chi connectivity index (χ2v) is 6.26. The summed E-state index contributed by atoms with van der Waals surface area (Å²) in [5, 5.41) is 3.07. The van der Waals surface area contributed by atoms with Crippen LogP contribution in [0.4, 0.5) is 0 Å². The van der Waals surface area contributed by atoms with Crippen LogP contribution in [-0.4, -0.2) is 62.1 Å². The molecule has 1 aliphatic carbocycles. The van der Waals surface area contributed by atoms with Crippen molar-refractivity contribution in [1.82, 2.24) is 21.1 Å². The Morgan fingerprint density at radius 2 is 2.24 bits per heavy atom. The molecule has 7 nitrogen and oxygen atoms in total. The van der Waals surface area contributed by atoms with Crippen LogP contribution in [0.25, 0.3) is 0 Å². The first-order valence-electron chi connectivity index (χ1n) is 7.76. The fraction of sp³-hybridized carbons (Fsp3) is 0.857. The largest absolute Gasteiger partial charge is 0.385 e. The van der Waals surface area contributed by atoms with Crippen LogP contribution in [0.15, 0.2) is 0 Å². The second kappa shape index (κ2) is 6.29. The molecule has 3 rings (SSSR count). The zero-order valence-corrected chi connectivity index (χ0v) is 12.4. The van der Waals surface area contributed by atoms with E-state index in [2.05, 4.69) is 21.1 Å². The Morgan fingerprint density at radius 1 is 1.43 bits per heavy atom. The van der Waals surface area contributed by atoms with Crippen LogP contribution in [-0.2, 0) is 14.3 Å². The van der Waals surface area contributed by atoms with E-state index in [1.807, 2.05) is 0 Å². The van der Waals surface area contributed by atoms with Gasteiger partial charge in [0.15, 0.2) is 0 Å². The molecule has 2 amide bonds. The summed E-state index contributed by atoms with van der Waals surface area (Å²) in [6, 6.07) is 0.264. The number of hydrogen-bond donors (Lipinski definition) is 3. The monoisotopic (exact) mass is 296 g/mol. The maximum absolute atomic E-state index is 12.4. The Bertz CT molecular complexity index is 413. The molecule has 3 fully saturated rings. The molecule has 1 saturated carbocycles. The second-order valence-electron chi connectivity index (χ2n) is 6.26. The van der Waals surface area contributed by atoms with Gasteiger partial charge in [0.1, 0.15) is 0 Å². The lowest BCUT2D eigenvalue weighted by Gasteiger charge is -2.38. The van der Waals surface area contributed by atoms with Crippen LogP contribution in [0, 0.1) is 11.8 Å². The fourth-order valence-corrected chi connectivity index (χ4v) is 3.23. The molecule has 3 unspecified atom stereocenters. The number of carbonyl (C=O) groups is 2. The van der Waals surface area contributed by atoms with Gasteiger partial charge in [-0.1, -0.05) is 0 Å². The van der Waals surface area contributed by atoms with Crippen LogP contribution in [0.1, 0.15) is 19.3 Å². The Balaban J connectivity index is 1.63. The van der Waals surface area contributed by atoms with Crippen molar-refractivity contribution in [3.63, 3.8) is 0 Å². The average molecular weight is 296 g/mol. The minimum absolute atomic E-state index is 0.000614. The standard InChI is InChI=1S/C14H24N4O3/c1-21-6-2-5-18-7-10(13(19)15-9-3-4-9)12-11(8-18)14(20)17-16-12/h9-12,16H,2-8H2,1H3,(H,15,19)(H,17,20). The van der Waals surface area contributed by atoms with Crippen molar-refractivity contribution in [2.24, 2.45) is 11.8 Å². The Morgan fingerprint density at radius 3 is 2.95 bits per heavy atom. The van der Waals surface area contributed by atoms with Crippen molar-refractivity contribution < 1.29 is 14.3 Å². The number of piperidine rings is 1. The van der Waals surface area contributed by atoms with Gasteiger partial charge in [-0.2, -0.15) is 0 Å². The molecule has 3 atom stereocenters. The molecule has 7 heteroatoms. The van der Waals surface area contributed by atoms with Gasteiger partial charge in [-0.05, 0) is 19.3 Å². The lowest BCUT2D eigenvalue weighted by atomic mass is 9.84. The van der Waals surface area contributed by atoms with Crippen molar-refractivity contribution in [2.75, 3.05) is 33.4 Å². The van der Waals surface area contributed by atoms with E-state index in [0.717, 1.165) is 25.8 Å². The molecule has 118 valence electrons. The Labute approximate surface area is 124 Å². The highest BCUT2D eigenvalue weighted by atomic mass is 16.5. The maximum Gasteiger partial charge on any atom is 0.240 e. The zero-order chi connectivity index (χ0) is 14.8. The van der Waals surface area contributed by atoms with E-state index < -0.39 is 0 Å². The van der Waals surface area contributed by atoms with E-state index in [1.54, 1.807) is 7.11 Å². The summed E-state index contributed by atoms with van der Waals surface area (Å²) in [4.78, 5) is 26.6. The molecular formula is C14H24N4O3. The van der Waals surface area contributed by atoms with E-state index in [0.29, 0.717) is 25.7 Å². The predicted molar refractivity (Wildman–Crippen MR) is 76.1 cm³/mol. The molecule has 0 aromatic heterocycles. The van der Waals surface area contributed by atoms with E-state index in [4.69, 9.17) is 4.74 Å². The summed E-state index contributed by atoms with van der Waals surface area (Å²) >= 11 is 0. The highest BCUT2D eigenvalue weighted by Gasteiger charge is 2.47. The molecule has 2 aliphatic heterocycles. The van der Waals surface area contributed by atoms with Gasteiger partial charge in [-0.15, -0.1) is 0 Å². The number of carbonyl (C=O) groups excluding carboxylic acids is 2. The molecule has 0 aromatic rings. The van der Waals surface area contributed by atoms with Gasteiger partial charge in [0, 0.05) is 39.4 Å². The van der Waals surface area contributed by atoms with Crippen LogP contribution >= 0.6 is 0 Å². The van der Waals surface area contributed by atoms with Crippen molar-refractivity contribution in [3.05, 3.63) is 0 Å². The quantitative estimate of drug-likeness (QED) is 0.539. The van der Waals surface area contributed by atoms with Gasteiger partial charge in [-0.3, -0.25) is 15.0 Å². The summed E-state index contributed by atoms with van der Waals surface area (Å²) in [6.07, 6.45) is 3.07. The van der Waals surface area contributed by atoms with E-state index in [1.165, 1.54) is 0 Å². The third-order valence-electron chi connectivity index (χ3n) is 4.56. The average Bonchev–Trinajstić information content (AvgIpc) is 3.21. The predicted octanol–water partition coefficient (Wildman–Crippen LogP) is -1.15. The maximum atomic E-state index is 12.4. The van der Waals surface area contributed by atoms with Gasteiger partial charge in [0.25, 0.3) is 0 Å². The van der Waals surface area contributed by atoms with Crippen LogP contribution in [0.5, 0.6) is 0 Å². The summed E-state index contributed by atoms with van der Waals surface area (Å²) in [6.45, 7) is 2.97. The number of rotatable bonds is 6. The highest BCUT2D eigenvalue weighted by Crippen LogP contribution is 2.27. The molecule has 0 radical (unpaired) electrons. The van der Waals surface area contributed by atoms with E-state index in [-0.39, 0.29) is 29.7 Å². The van der Waals surface area contributed by atoms with Crippen LogP contribution < -0.4 is 16.2 Å². The fourth-order valence-electron chi connectivity index (χ4n) is 3.23. The number of hydrazine groups is 1. The third kappa shape index (κ3) is 3.36. The summed E-state index contributed by atoms with van der Waals surface area (Å²) in [7, 11) is 1.69. The first kappa shape index (κ1) is 14.7. The summed E-state index contributed by atoms with van der Waals surface area (Å²) in [5.74, 6) is -0.240. The number of fused-ring (bicyclic) bond motifs is 1. The zero-order valence-electron chi connectivity index (χ0n) is 12.4. The molecule has 2 heterocycles. The summed E-state index contributed by atoms with van der Waals surface area (Å²) < 4.78 is 5.08. The molecule has 2 saturated heterocycles. The van der Waals surface area contributed by atoms with Gasteiger partial charge >= 0.3 is 0 Å². The molecule has 3 N–H and O–H groups in total. The number of ether oxygens (including phenoxy) is 1. The van der Waals surface area contributed by atoms with Crippen molar-refractivity contribution >= 4 is 11.8 Å². The van der Waals surface area contributed by atoms with E-state index in [9.17, 15) is 9.59 Å². The molecule has 0 spiro atoms. The lowest BCUT2D eigenvalue weighted by Crippen LogP contribution is -2.57.